The van der Waals surface area contributed by atoms with Crippen molar-refractivity contribution in [1.29, 1.82) is 0 Å². The van der Waals surface area contributed by atoms with Gasteiger partial charge in [0, 0.05) is 0 Å². The number of thiazole rings is 1. The van der Waals surface area contributed by atoms with E-state index in [4.69, 9.17) is 5.73 Å². The van der Waals surface area contributed by atoms with E-state index in [2.05, 4.69) is 10.3 Å². The second-order valence-corrected chi connectivity index (χ2v) is 3.68. The van der Waals surface area contributed by atoms with Crippen molar-refractivity contribution in [3.8, 4) is 0 Å². The molecule has 9 heteroatoms. The van der Waals surface area contributed by atoms with E-state index in [0.29, 0.717) is 11.3 Å². The van der Waals surface area contributed by atoms with Gasteiger partial charge in [-0.1, -0.05) is 0 Å². The topological polar surface area (TPSA) is 94.1 Å². The smallest absolute Gasteiger partial charge is 0.345 e. The number of nitrogens with zero attached hydrogens (tertiary/aromatic N) is 2. The molecule has 84 valence electrons. The monoisotopic (exact) mass is 238 g/mol. The van der Waals surface area contributed by atoms with Gasteiger partial charge in [-0.3, -0.25) is 10.1 Å². The number of nitrogens with one attached hydrogen (secondary N) is 1. The highest BCUT2D eigenvalue weighted by Crippen LogP contribution is 2.25. The van der Waals surface area contributed by atoms with Crippen LogP contribution < -0.4 is 11.1 Å². The summed E-state index contributed by atoms with van der Waals surface area (Å²) in [5.74, 6) is -3.04. The third-order valence-corrected chi connectivity index (χ3v) is 2.38. The summed E-state index contributed by atoms with van der Waals surface area (Å²) in [5.41, 5.74) is 4.81. The summed E-state index contributed by atoms with van der Waals surface area (Å²) in [5, 5.41) is 12.4. The summed E-state index contributed by atoms with van der Waals surface area (Å²) >= 11 is 0.697. The molecule has 0 saturated heterocycles. The molecule has 0 aromatic carbocycles. The molecule has 1 heterocycles. The van der Waals surface area contributed by atoms with Crippen LogP contribution in [0.4, 0.5) is 18.9 Å². The summed E-state index contributed by atoms with van der Waals surface area (Å²) in [6, 6.07) is 0. The molecule has 6 nitrogen and oxygen atoms in total. The fourth-order valence-electron chi connectivity index (χ4n) is 0.709. The van der Waals surface area contributed by atoms with Gasteiger partial charge in [0.1, 0.15) is 6.20 Å². The van der Waals surface area contributed by atoms with Crippen LogP contribution in [-0.2, 0) is 0 Å². The van der Waals surface area contributed by atoms with E-state index in [0.717, 1.165) is 6.20 Å². The van der Waals surface area contributed by atoms with Gasteiger partial charge < -0.3 is 11.1 Å². The average molecular weight is 238 g/mol. The standard InChI is InChI=1S/C6H8F2N4O2S/c7-6(8,2-9)3-11-5-10-1-4(15-5)12(13)14/h1H,2-3,9H2,(H,10,11). The van der Waals surface area contributed by atoms with Gasteiger partial charge in [0.05, 0.1) is 18.0 Å². The summed E-state index contributed by atoms with van der Waals surface area (Å²) in [6.07, 6.45) is 1.01. The van der Waals surface area contributed by atoms with Gasteiger partial charge in [-0.2, -0.15) is 0 Å². The third-order valence-electron chi connectivity index (χ3n) is 1.47. The van der Waals surface area contributed by atoms with Crippen molar-refractivity contribution in [2.24, 2.45) is 5.73 Å². The van der Waals surface area contributed by atoms with Gasteiger partial charge in [-0.15, -0.1) is 0 Å². The van der Waals surface area contributed by atoms with Crippen LogP contribution in [0.5, 0.6) is 0 Å². The molecule has 0 spiro atoms. The quantitative estimate of drug-likeness (QED) is 0.590. The summed E-state index contributed by atoms with van der Waals surface area (Å²) in [4.78, 5) is 13.2. The van der Waals surface area contributed by atoms with Crippen LogP contribution in [0.25, 0.3) is 0 Å². The van der Waals surface area contributed by atoms with Crippen molar-refractivity contribution in [2.75, 3.05) is 18.4 Å². The molecule has 0 aliphatic rings. The van der Waals surface area contributed by atoms with Crippen molar-refractivity contribution in [2.45, 2.75) is 5.92 Å². The van der Waals surface area contributed by atoms with E-state index in [1.54, 1.807) is 0 Å². The first-order chi connectivity index (χ1) is 6.94. The van der Waals surface area contributed by atoms with Gasteiger partial charge in [-0.25, -0.2) is 13.8 Å². The van der Waals surface area contributed by atoms with Crippen molar-refractivity contribution < 1.29 is 13.7 Å². The molecule has 1 aromatic rings. The number of hydrogen-bond acceptors (Lipinski definition) is 6. The molecule has 0 radical (unpaired) electrons. The number of rotatable bonds is 5. The van der Waals surface area contributed by atoms with Crippen LogP contribution in [0.15, 0.2) is 6.20 Å². The lowest BCUT2D eigenvalue weighted by Crippen LogP contribution is -2.35. The summed E-state index contributed by atoms with van der Waals surface area (Å²) in [7, 11) is 0. The minimum atomic E-state index is -3.04. The Bertz CT molecular complexity index is 357. The summed E-state index contributed by atoms with van der Waals surface area (Å²) in [6.45, 7) is -1.47. The highest BCUT2D eigenvalue weighted by Gasteiger charge is 2.26. The number of nitro groups is 1. The molecule has 0 unspecified atom stereocenters. The van der Waals surface area contributed by atoms with Crippen molar-refractivity contribution in [3.05, 3.63) is 16.3 Å². The molecule has 15 heavy (non-hydrogen) atoms. The van der Waals surface area contributed by atoms with E-state index in [-0.39, 0.29) is 10.1 Å². The molecular formula is C6H8F2N4O2S. The zero-order valence-corrected chi connectivity index (χ0v) is 8.26. The Morgan fingerprint density at radius 3 is 2.87 bits per heavy atom. The van der Waals surface area contributed by atoms with Gasteiger partial charge >= 0.3 is 5.00 Å². The van der Waals surface area contributed by atoms with Crippen molar-refractivity contribution >= 4 is 21.5 Å². The third kappa shape index (κ3) is 3.36. The Labute approximate surface area is 87.3 Å². The van der Waals surface area contributed by atoms with Crippen molar-refractivity contribution in [1.82, 2.24) is 4.98 Å². The molecule has 0 bridgehead atoms. The molecule has 0 saturated carbocycles. The molecule has 0 aliphatic heterocycles. The molecular weight excluding hydrogens is 230 g/mol. The Hall–Kier alpha value is -1.35. The number of anilines is 1. The molecule has 0 fully saturated rings. The maximum atomic E-state index is 12.7. The minimum absolute atomic E-state index is 0.0785. The first kappa shape index (κ1) is 11.7. The van der Waals surface area contributed by atoms with Gasteiger partial charge in [0.2, 0.25) is 0 Å². The fraction of sp³-hybridized carbons (Fsp3) is 0.500. The molecule has 0 aliphatic carbocycles. The zero-order valence-electron chi connectivity index (χ0n) is 7.44. The predicted molar refractivity (Wildman–Crippen MR) is 51.3 cm³/mol. The first-order valence-electron chi connectivity index (χ1n) is 3.86. The molecule has 1 aromatic heterocycles. The molecule has 0 atom stereocenters. The summed E-state index contributed by atoms with van der Waals surface area (Å²) < 4.78 is 25.3. The molecule has 0 amide bonds. The van der Waals surface area contributed by atoms with E-state index in [1.807, 2.05) is 0 Å². The normalized spacial score (nSPS) is 11.4. The lowest BCUT2D eigenvalue weighted by molar-refractivity contribution is -0.380. The second kappa shape index (κ2) is 4.45. The van der Waals surface area contributed by atoms with Crippen LogP contribution in [0.1, 0.15) is 0 Å². The lowest BCUT2D eigenvalue weighted by atomic mass is 10.3. The maximum absolute atomic E-state index is 12.7. The van der Waals surface area contributed by atoms with Gasteiger partial charge in [0.15, 0.2) is 5.13 Å². The minimum Gasteiger partial charge on any atom is -0.355 e. The first-order valence-corrected chi connectivity index (χ1v) is 4.68. The Morgan fingerprint density at radius 2 is 2.40 bits per heavy atom. The zero-order chi connectivity index (χ0) is 11.5. The molecule has 3 N–H and O–H groups in total. The van der Waals surface area contributed by atoms with Gasteiger partial charge in [0.25, 0.3) is 5.92 Å². The van der Waals surface area contributed by atoms with Crippen LogP contribution in [0.3, 0.4) is 0 Å². The highest BCUT2D eigenvalue weighted by molar-refractivity contribution is 7.18. The highest BCUT2D eigenvalue weighted by atomic mass is 32.1. The van der Waals surface area contributed by atoms with Crippen LogP contribution in [0.2, 0.25) is 0 Å². The van der Waals surface area contributed by atoms with E-state index >= 15 is 0 Å². The molecule has 1 rings (SSSR count). The van der Waals surface area contributed by atoms with E-state index < -0.39 is 23.9 Å². The van der Waals surface area contributed by atoms with E-state index in [9.17, 15) is 18.9 Å². The lowest BCUT2D eigenvalue weighted by Gasteiger charge is -2.13. The second-order valence-electron chi connectivity index (χ2n) is 2.67. The van der Waals surface area contributed by atoms with Gasteiger partial charge in [-0.05, 0) is 11.3 Å². The number of aromatic nitrogens is 1. The Balaban J connectivity index is 2.55. The number of halogens is 2. The average Bonchev–Trinajstić information content (AvgIpc) is 2.63. The largest absolute Gasteiger partial charge is 0.355 e. The number of nitrogens with two attached hydrogens (primary N) is 1. The SMILES string of the molecule is NCC(F)(F)CNc1ncc([N+](=O)[O-])s1. The maximum Gasteiger partial charge on any atom is 0.345 e. The Kier molecular flexibility index (Phi) is 3.48. The predicted octanol–water partition coefficient (Wildman–Crippen LogP) is 1.06. The Morgan fingerprint density at radius 1 is 1.73 bits per heavy atom. The van der Waals surface area contributed by atoms with Crippen LogP contribution in [-0.4, -0.2) is 28.9 Å². The van der Waals surface area contributed by atoms with Crippen molar-refractivity contribution in [3.63, 3.8) is 0 Å². The van der Waals surface area contributed by atoms with Crippen LogP contribution >= 0.6 is 11.3 Å². The fourth-order valence-corrected chi connectivity index (χ4v) is 1.34. The van der Waals surface area contributed by atoms with Crippen LogP contribution in [0, 0.1) is 10.1 Å². The number of hydrogen-bond donors (Lipinski definition) is 2. The van der Waals surface area contributed by atoms with E-state index in [1.165, 1.54) is 0 Å². The number of alkyl halides is 2.